The van der Waals surface area contributed by atoms with E-state index in [1.54, 1.807) is 0 Å². The van der Waals surface area contributed by atoms with Crippen molar-refractivity contribution in [2.24, 2.45) is 0 Å². The number of carboxylic acids is 1. The third-order valence-electron chi connectivity index (χ3n) is 6.55. The Hall–Kier alpha value is -2.41. The number of aromatic nitrogens is 1. The van der Waals surface area contributed by atoms with E-state index in [-0.39, 0.29) is 17.0 Å². The van der Waals surface area contributed by atoms with Crippen molar-refractivity contribution in [3.8, 4) is 0 Å². The highest BCUT2D eigenvalue weighted by Crippen LogP contribution is 2.40. The van der Waals surface area contributed by atoms with Gasteiger partial charge in [-0.2, -0.15) is 0 Å². The van der Waals surface area contributed by atoms with E-state index < -0.39 is 17.2 Å². The molecule has 5 rings (SSSR count). The molecule has 3 heterocycles. The lowest BCUT2D eigenvalue weighted by molar-refractivity contribution is 0.0695. The fraction of sp³-hybridized carbons (Fsp3) is 0.524. The minimum Gasteiger partial charge on any atom is -0.477 e. The number of anilines is 1. The average molecular weight is 385 g/mol. The van der Waals surface area contributed by atoms with Crippen LogP contribution in [0, 0.1) is 12.7 Å². The van der Waals surface area contributed by atoms with Crippen LogP contribution < -0.4 is 10.3 Å². The van der Waals surface area contributed by atoms with Gasteiger partial charge >= 0.3 is 5.97 Å². The summed E-state index contributed by atoms with van der Waals surface area (Å²) in [5.41, 5.74) is 1.10. The van der Waals surface area contributed by atoms with Crippen LogP contribution in [0.1, 0.15) is 47.6 Å². The first-order valence-corrected chi connectivity index (χ1v) is 10.1. The first-order valence-electron chi connectivity index (χ1n) is 10.1. The van der Waals surface area contributed by atoms with Gasteiger partial charge in [-0.3, -0.25) is 9.69 Å². The van der Waals surface area contributed by atoms with E-state index in [1.165, 1.54) is 18.7 Å². The molecular weight excluding hydrogens is 361 g/mol. The zero-order chi connectivity index (χ0) is 19.6. The SMILES string of the molecule is Cc1c(N2CCN3CCCC3C2)c(F)cc2c(=O)c(C(=O)O)cn(C3CC3)c12. The molecule has 1 unspecified atom stereocenters. The minimum atomic E-state index is -1.26. The highest BCUT2D eigenvalue weighted by Gasteiger charge is 2.34. The van der Waals surface area contributed by atoms with Gasteiger partial charge in [-0.15, -0.1) is 0 Å². The van der Waals surface area contributed by atoms with Crippen molar-refractivity contribution >= 4 is 22.6 Å². The smallest absolute Gasteiger partial charge is 0.341 e. The maximum Gasteiger partial charge on any atom is 0.341 e. The average Bonchev–Trinajstić information content (AvgIpc) is 3.39. The van der Waals surface area contributed by atoms with Crippen LogP contribution >= 0.6 is 0 Å². The highest BCUT2D eigenvalue weighted by molar-refractivity contribution is 5.95. The van der Waals surface area contributed by atoms with Gasteiger partial charge in [0.05, 0.1) is 11.2 Å². The topological polar surface area (TPSA) is 65.8 Å². The van der Waals surface area contributed by atoms with E-state index in [9.17, 15) is 14.7 Å². The molecule has 3 fully saturated rings. The molecule has 1 N–H and O–H groups in total. The molecule has 0 spiro atoms. The van der Waals surface area contributed by atoms with Crippen molar-refractivity contribution in [3.63, 3.8) is 0 Å². The zero-order valence-corrected chi connectivity index (χ0v) is 15.9. The lowest BCUT2D eigenvalue weighted by atomic mass is 10.0. The lowest BCUT2D eigenvalue weighted by Crippen LogP contribution is -2.50. The zero-order valence-electron chi connectivity index (χ0n) is 15.9. The van der Waals surface area contributed by atoms with Crippen LogP contribution in [-0.4, -0.2) is 52.8 Å². The molecule has 2 saturated heterocycles. The third kappa shape index (κ3) is 2.64. The Morgan fingerprint density at radius 1 is 1.18 bits per heavy atom. The summed E-state index contributed by atoms with van der Waals surface area (Å²) in [6, 6.07) is 1.90. The Balaban J connectivity index is 1.69. The van der Waals surface area contributed by atoms with Crippen molar-refractivity contribution in [2.75, 3.05) is 31.1 Å². The van der Waals surface area contributed by atoms with Gasteiger partial charge in [-0.05, 0) is 50.8 Å². The minimum absolute atomic E-state index is 0.171. The molecule has 1 atom stereocenters. The number of carbonyl (C=O) groups is 1. The molecule has 1 aliphatic carbocycles. The van der Waals surface area contributed by atoms with Crippen LogP contribution in [0.2, 0.25) is 0 Å². The summed E-state index contributed by atoms with van der Waals surface area (Å²) in [5.74, 6) is -1.70. The van der Waals surface area contributed by atoms with E-state index in [1.807, 2.05) is 11.5 Å². The van der Waals surface area contributed by atoms with E-state index in [2.05, 4.69) is 9.80 Å². The van der Waals surface area contributed by atoms with Gasteiger partial charge in [-0.25, -0.2) is 9.18 Å². The number of aromatic carboxylic acids is 1. The van der Waals surface area contributed by atoms with E-state index in [0.717, 1.165) is 51.0 Å². The first kappa shape index (κ1) is 17.7. The summed E-state index contributed by atoms with van der Waals surface area (Å²) >= 11 is 0. The summed E-state index contributed by atoms with van der Waals surface area (Å²) in [5, 5.41) is 9.59. The van der Waals surface area contributed by atoms with Crippen LogP contribution in [-0.2, 0) is 0 Å². The van der Waals surface area contributed by atoms with Crippen molar-refractivity contribution in [2.45, 2.75) is 44.7 Å². The molecule has 1 aromatic carbocycles. The molecule has 2 aromatic rings. The van der Waals surface area contributed by atoms with Crippen LogP contribution in [0.5, 0.6) is 0 Å². The molecule has 0 amide bonds. The van der Waals surface area contributed by atoms with Crippen LogP contribution in [0.15, 0.2) is 17.1 Å². The molecule has 28 heavy (non-hydrogen) atoms. The van der Waals surface area contributed by atoms with Crippen LogP contribution in [0.3, 0.4) is 0 Å². The maximum atomic E-state index is 15.2. The predicted octanol–water partition coefficient (Wildman–Crippen LogP) is 2.77. The van der Waals surface area contributed by atoms with E-state index >= 15 is 4.39 Å². The van der Waals surface area contributed by atoms with Crippen molar-refractivity contribution in [3.05, 3.63) is 39.4 Å². The fourth-order valence-electron chi connectivity index (χ4n) is 5.05. The first-order chi connectivity index (χ1) is 13.5. The highest BCUT2D eigenvalue weighted by atomic mass is 19.1. The van der Waals surface area contributed by atoms with Crippen LogP contribution in [0.4, 0.5) is 10.1 Å². The Kier molecular flexibility index (Phi) is 3.98. The second-order valence-electron chi connectivity index (χ2n) is 8.32. The van der Waals surface area contributed by atoms with Gasteiger partial charge in [0.2, 0.25) is 5.43 Å². The standard InChI is InChI=1S/C21H24FN3O3/c1-12-18-15(20(26)16(21(27)28)11-25(18)13-4-5-13)9-17(22)19(12)24-8-7-23-6-2-3-14(23)10-24/h9,11,13-14H,2-8,10H2,1H3,(H,27,28). The number of carboxylic acid groups (broad SMARTS) is 1. The largest absolute Gasteiger partial charge is 0.477 e. The predicted molar refractivity (Wildman–Crippen MR) is 105 cm³/mol. The molecule has 0 bridgehead atoms. The molecular formula is C21H24FN3O3. The summed E-state index contributed by atoms with van der Waals surface area (Å²) in [6.07, 6.45) is 5.68. The molecule has 148 valence electrons. The van der Waals surface area contributed by atoms with Gasteiger partial charge in [-0.1, -0.05) is 0 Å². The molecule has 6 nitrogen and oxygen atoms in total. The second kappa shape index (κ2) is 6.30. The Morgan fingerprint density at radius 2 is 1.96 bits per heavy atom. The van der Waals surface area contributed by atoms with Gasteiger partial charge < -0.3 is 14.6 Å². The summed E-state index contributed by atoms with van der Waals surface area (Å²) in [6.45, 7) is 5.47. The quantitative estimate of drug-likeness (QED) is 0.880. The molecule has 3 aliphatic rings. The lowest BCUT2D eigenvalue weighted by Gasteiger charge is -2.39. The maximum absolute atomic E-state index is 15.2. The molecule has 2 aliphatic heterocycles. The monoisotopic (exact) mass is 385 g/mol. The molecule has 1 aromatic heterocycles. The van der Waals surface area contributed by atoms with Gasteiger partial charge in [0, 0.05) is 43.3 Å². The van der Waals surface area contributed by atoms with E-state index in [4.69, 9.17) is 0 Å². The molecule has 1 saturated carbocycles. The third-order valence-corrected chi connectivity index (χ3v) is 6.55. The van der Waals surface area contributed by atoms with E-state index in [0.29, 0.717) is 17.2 Å². The van der Waals surface area contributed by atoms with Crippen LogP contribution in [0.25, 0.3) is 10.9 Å². The second-order valence-corrected chi connectivity index (χ2v) is 8.32. The number of rotatable bonds is 3. The summed E-state index contributed by atoms with van der Waals surface area (Å²) in [7, 11) is 0. The number of aryl methyl sites for hydroxylation is 1. The van der Waals surface area contributed by atoms with Gasteiger partial charge in [0.1, 0.15) is 11.4 Å². The Bertz CT molecular complexity index is 1040. The fourth-order valence-corrected chi connectivity index (χ4v) is 5.05. The molecule has 0 radical (unpaired) electrons. The summed E-state index contributed by atoms with van der Waals surface area (Å²) in [4.78, 5) is 28.8. The van der Waals surface area contributed by atoms with Gasteiger partial charge in [0.25, 0.3) is 0 Å². The van der Waals surface area contributed by atoms with Crippen molar-refractivity contribution in [1.29, 1.82) is 0 Å². The Labute approximate surface area is 162 Å². The molecule has 7 heteroatoms. The summed E-state index contributed by atoms with van der Waals surface area (Å²) < 4.78 is 17.1. The number of hydrogen-bond donors (Lipinski definition) is 1. The Morgan fingerprint density at radius 3 is 2.68 bits per heavy atom. The normalized spacial score (nSPS) is 22.6. The number of hydrogen-bond acceptors (Lipinski definition) is 4. The number of piperazine rings is 1. The van der Waals surface area contributed by atoms with Crippen molar-refractivity contribution in [1.82, 2.24) is 9.47 Å². The number of pyridine rings is 1. The number of benzene rings is 1. The number of nitrogens with zero attached hydrogens (tertiary/aromatic N) is 3. The number of halogens is 1. The van der Waals surface area contributed by atoms with Crippen molar-refractivity contribution < 1.29 is 14.3 Å². The number of fused-ring (bicyclic) bond motifs is 2. The van der Waals surface area contributed by atoms with Gasteiger partial charge in [0.15, 0.2) is 0 Å².